The third kappa shape index (κ3) is 2.71. The highest BCUT2D eigenvalue weighted by molar-refractivity contribution is 5.85. The SMILES string of the molecule is CN(Cc1ccc(F)cc1)C1CCc2[nH]c3c(F)cccc3c2C1. The lowest BCUT2D eigenvalue weighted by Gasteiger charge is -2.31. The van der Waals surface area contributed by atoms with E-state index < -0.39 is 0 Å². The van der Waals surface area contributed by atoms with Gasteiger partial charge in [-0.2, -0.15) is 0 Å². The summed E-state index contributed by atoms with van der Waals surface area (Å²) < 4.78 is 27.0. The second kappa shape index (κ2) is 6.02. The van der Waals surface area contributed by atoms with Crippen LogP contribution in [0.1, 0.15) is 23.2 Å². The molecule has 0 radical (unpaired) electrons. The molecule has 4 rings (SSSR count). The highest BCUT2D eigenvalue weighted by atomic mass is 19.1. The summed E-state index contributed by atoms with van der Waals surface area (Å²) in [4.78, 5) is 5.58. The lowest BCUT2D eigenvalue weighted by molar-refractivity contribution is 0.214. The predicted octanol–water partition coefficient (Wildman–Crippen LogP) is 4.44. The molecule has 0 saturated heterocycles. The predicted molar refractivity (Wildman–Crippen MR) is 91.9 cm³/mol. The summed E-state index contributed by atoms with van der Waals surface area (Å²) in [5.74, 6) is -0.386. The van der Waals surface area contributed by atoms with Crippen molar-refractivity contribution in [3.8, 4) is 0 Å². The molecule has 1 aliphatic carbocycles. The minimum absolute atomic E-state index is 0.182. The van der Waals surface area contributed by atoms with Crippen LogP contribution in [0.25, 0.3) is 10.9 Å². The molecule has 124 valence electrons. The molecule has 1 N–H and O–H groups in total. The van der Waals surface area contributed by atoms with Crippen LogP contribution in [0.15, 0.2) is 42.5 Å². The molecule has 3 aromatic rings. The number of hydrogen-bond acceptors (Lipinski definition) is 1. The minimum Gasteiger partial charge on any atom is -0.356 e. The van der Waals surface area contributed by atoms with E-state index in [0.717, 1.165) is 36.8 Å². The van der Waals surface area contributed by atoms with Crippen LogP contribution < -0.4 is 0 Å². The number of likely N-dealkylation sites (N-methyl/N-ethyl adjacent to an activating group) is 1. The normalized spacial score (nSPS) is 17.4. The van der Waals surface area contributed by atoms with Gasteiger partial charge in [-0.25, -0.2) is 8.78 Å². The van der Waals surface area contributed by atoms with Crippen LogP contribution in [-0.4, -0.2) is 23.0 Å². The topological polar surface area (TPSA) is 19.0 Å². The van der Waals surface area contributed by atoms with Gasteiger partial charge in [-0.3, -0.25) is 4.90 Å². The fraction of sp³-hybridized carbons (Fsp3) is 0.300. The van der Waals surface area contributed by atoms with E-state index in [0.29, 0.717) is 11.6 Å². The Labute approximate surface area is 140 Å². The van der Waals surface area contributed by atoms with Crippen LogP contribution >= 0.6 is 0 Å². The van der Waals surface area contributed by atoms with Gasteiger partial charge in [-0.15, -0.1) is 0 Å². The van der Waals surface area contributed by atoms with Gasteiger partial charge in [0, 0.05) is 23.7 Å². The van der Waals surface area contributed by atoms with Gasteiger partial charge in [0.1, 0.15) is 11.6 Å². The van der Waals surface area contributed by atoms with Crippen LogP contribution in [0, 0.1) is 11.6 Å². The van der Waals surface area contributed by atoms with Gasteiger partial charge in [0.05, 0.1) is 5.52 Å². The molecule has 24 heavy (non-hydrogen) atoms. The number of para-hydroxylation sites is 1. The van der Waals surface area contributed by atoms with Crippen LogP contribution in [0.4, 0.5) is 8.78 Å². The molecule has 2 aromatic carbocycles. The van der Waals surface area contributed by atoms with Gasteiger partial charge in [-0.1, -0.05) is 24.3 Å². The van der Waals surface area contributed by atoms with Gasteiger partial charge in [-0.05, 0) is 55.6 Å². The molecular weight excluding hydrogens is 306 g/mol. The molecule has 1 heterocycles. The zero-order valence-electron chi connectivity index (χ0n) is 13.7. The number of H-pyrrole nitrogens is 1. The maximum absolute atomic E-state index is 14.0. The molecule has 0 saturated carbocycles. The van der Waals surface area contributed by atoms with Gasteiger partial charge < -0.3 is 4.98 Å². The highest BCUT2D eigenvalue weighted by Gasteiger charge is 2.25. The monoisotopic (exact) mass is 326 g/mol. The standard InChI is InChI=1S/C20H20F2N2/c1-24(12-13-5-7-14(21)8-6-13)15-9-10-19-17(11-15)16-3-2-4-18(22)20(16)23-19/h2-8,15,23H,9-12H2,1H3. The van der Waals surface area contributed by atoms with Crippen molar-refractivity contribution in [1.82, 2.24) is 9.88 Å². The summed E-state index contributed by atoms with van der Waals surface area (Å²) in [5, 5.41) is 1.00. The van der Waals surface area contributed by atoms with Crippen molar-refractivity contribution in [2.75, 3.05) is 7.05 Å². The zero-order valence-corrected chi connectivity index (χ0v) is 13.7. The van der Waals surface area contributed by atoms with Crippen molar-refractivity contribution in [3.63, 3.8) is 0 Å². The van der Waals surface area contributed by atoms with Crippen LogP contribution in [0.2, 0.25) is 0 Å². The van der Waals surface area contributed by atoms with Gasteiger partial charge in [0.25, 0.3) is 0 Å². The van der Waals surface area contributed by atoms with E-state index in [-0.39, 0.29) is 11.6 Å². The molecule has 4 heteroatoms. The Hall–Kier alpha value is -2.20. The highest BCUT2D eigenvalue weighted by Crippen LogP contribution is 2.32. The van der Waals surface area contributed by atoms with Crippen molar-refractivity contribution in [2.45, 2.75) is 31.8 Å². The first-order valence-electron chi connectivity index (χ1n) is 8.34. The van der Waals surface area contributed by atoms with E-state index in [1.807, 2.05) is 18.2 Å². The first-order chi connectivity index (χ1) is 11.6. The molecule has 1 aliphatic rings. The molecule has 1 atom stereocenters. The molecular formula is C20H20F2N2. The first-order valence-corrected chi connectivity index (χ1v) is 8.34. The average Bonchev–Trinajstić information content (AvgIpc) is 2.96. The molecule has 0 bridgehead atoms. The maximum Gasteiger partial charge on any atom is 0.147 e. The largest absolute Gasteiger partial charge is 0.356 e. The fourth-order valence-corrected chi connectivity index (χ4v) is 3.77. The van der Waals surface area contributed by atoms with Gasteiger partial charge in [0.15, 0.2) is 0 Å². The Kier molecular flexibility index (Phi) is 3.85. The second-order valence-corrected chi connectivity index (χ2v) is 6.68. The summed E-state index contributed by atoms with van der Waals surface area (Å²) in [6.45, 7) is 0.789. The number of fused-ring (bicyclic) bond motifs is 3. The van der Waals surface area contributed by atoms with Crippen molar-refractivity contribution in [2.24, 2.45) is 0 Å². The molecule has 0 amide bonds. The number of halogens is 2. The Morgan fingerprint density at radius 3 is 2.71 bits per heavy atom. The first kappa shape index (κ1) is 15.3. The number of nitrogens with zero attached hydrogens (tertiary/aromatic N) is 1. The molecule has 0 fully saturated rings. The van der Waals surface area contributed by atoms with Gasteiger partial charge >= 0.3 is 0 Å². The molecule has 1 aromatic heterocycles. The van der Waals surface area contributed by atoms with E-state index in [1.54, 1.807) is 6.07 Å². The van der Waals surface area contributed by atoms with E-state index in [1.165, 1.54) is 29.5 Å². The number of hydrogen-bond donors (Lipinski definition) is 1. The molecule has 2 nitrogen and oxygen atoms in total. The average molecular weight is 326 g/mol. The maximum atomic E-state index is 14.0. The molecule has 1 unspecified atom stereocenters. The Morgan fingerprint density at radius 1 is 1.12 bits per heavy atom. The lowest BCUT2D eigenvalue weighted by atomic mass is 9.90. The molecule has 0 spiro atoms. The van der Waals surface area contributed by atoms with Gasteiger partial charge in [0.2, 0.25) is 0 Å². The van der Waals surface area contributed by atoms with E-state index >= 15 is 0 Å². The van der Waals surface area contributed by atoms with Crippen molar-refractivity contribution in [3.05, 3.63) is 70.9 Å². The van der Waals surface area contributed by atoms with Crippen LogP contribution in [-0.2, 0) is 19.4 Å². The number of benzene rings is 2. The summed E-state index contributed by atoms with van der Waals surface area (Å²) in [6.07, 6.45) is 2.89. The zero-order chi connectivity index (χ0) is 16.7. The number of aromatic amines is 1. The minimum atomic E-state index is -0.204. The number of rotatable bonds is 3. The number of aryl methyl sites for hydroxylation is 1. The van der Waals surface area contributed by atoms with Crippen LogP contribution in [0.3, 0.4) is 0 Å². The lowest BCUT2D eigenvalue weighted by Crippen LogP contribution is -2.35. The number of nitrogens with one attached hydrogen (secondary N) is 1. The van der Waals surface area contributed by atoms with Crippen LogP contribution in [0.5, 0.6) is 0 Å². The summed E-state index contributed by atoms with van der Waals surface area (Å²) in [6, 6.07) is 12.4. The quantitative estimate of drug-likeness (QED) is 0.754. The van der Waals surface area contributed by atoms with Crippen molar-refractivity contribution >= 4 is 10.9 Å². The molecule has 0 aliphatic heterocycles. The second-order valence-electron chi connectivity index (χ2n) is 6.68. The van der Waals surface area contributed by atoms with Crippen molar-refractivity contribution < 1.29 is 8.78 Å². The van der Waals surface area contributed by atoms with E-state index in [4.69, 9.17) is 0 Å². The smallest absolute Gasteiger partial charge is 0.147 e. The summed E-state index contributed by atoms with van der Waals surface area (Å²) in [5.41, 5.74) is 4.15. The fourth-order valence-electron chi connectivity index (χ4n) is 3.77. The Balaban J connectivity index is 1.56. The Bertz CT molecular complexity index is 867. The van der Waals surface area contributed by atoms with Crippen molar-refractivity contribution in [1.29, 1.82) is 0 Å². The summed E-state index contributed by atoms with van der Waals surface area (Å²) in [7, 11) is 2.11. The third-order valence-electron chi connectivity index (χ3n) is 5.11. The third-order valence-corrected chi connectivity index (χ3v) is 5.11. The van der Waals surface area contributed by atoms with E-state index in [9.17, 15) is 8.78 Å². The Morgan fingerprint density at radius 2 is 1.92 bits per heavy atom. The van der Waals surface area contributed by atoms with E-state index in [2.05, 4.69) is 16.9 Å². The summed E-state index contributed by atoms with van der Waals surface area (Å²) >= 11 is 0. The number of aromatic nitrogens is 1.